The molecule has 4 rings (SSSR count). The molecule has 1 heterocycles. The molecule has 11 heteroatoms. The summed E-state index contributed by atoms with van der Waals surface area (Å²) in [5.74, 6) is 0.231. The molecule has 37 heavy (non-hydrogen) atoms. The normalized spacial score (nSPS) is 11.2. The predicted octanol–water partition coefficient (Wildman–Crippen LogP) is 3.78. The van der Waals surface area contributed by atoms with Gasteiger partial charge >= 0.3 is 5.19 Å². The Kier molecular flexibility index (Phi) is 8.49. The average molecular weight is 540 g/mol. The summed E-state index contributed by atoms with van der Waals surface area (Å²) in [5.41, 5.74) is 2.75. The number of carbonyl (C=O) groups excluding carboxylic acids is 1. The third-order valence-corrected chi connectivity index (χ3v) is 8.28. The fourth-order valence-electron chi connectivity index (χ4n) is 3.46. The maximum atomic E-state index is 12.9. The van der Waals surface area contributed by atoms with Gasteiger partial charge in [0.1, 0.15) is 0 Å². The molecule has 1 amide bonds. The molecular formula is C26H25N3O6S2. The molecule has 0 bridgehead atoms. The highest BCUT2D eigenvalue weighted by molar-refractivity contribution is 7.92. The molecule has 4 aromatic rings. The van der Waals surface area contributed by atoms with E-state index in [-0.39, 0.29) is 27.8 Å². The van der Waals surface area contributed by atoms with Gasteiger partial charge in [-0.2, -0.15) is 0 Å². The quantitative estimate of drug-likeness (QED) is 0.295. The number of nitrogens with one attached hydrogen (secondary N) is 1. The van der Waals surface area contributed by atoms with E-state index in [4.69, 9.17) is 9.47 Å². The van der Waals surface area contributed by atoms with Crippen molar-refractivity contribution in [3.63, 3.8) is 0 Å². The fourth-order valence-corrected chi connectivity index (χ4v) is 5.72. The molecule has 0 unspecified atom stereocenters. The number of rotatable bonds is 11. The van der Waals surface area contributed by atoms with Crippen LogP contribution < -0.4 is 14.8 Å². The summed E-state index contributed by atoms with van der Waals surface area (Å²) in [6.07, 6.45) is 0.434. The first-order valence-corrected chi connectivity index (χ1v) is 13.8. The Balaban J connectivity index is 1.40. The number of hydrogen-bond donors (Lipinski definition) is 2. The summed E-state index contributed by atoms with van der Waals surface area (Å²) in [4.78, 5) is 12.4. The van der Waals surface area contributed by atoms with E-state index in [0.717, 1.165) is 22.5 Å². The average Bonchev–Trinajstić information content (AvgIpc) is 3.38. The van der Waals surface area contributed by atoms with Crippen molar-refractivity contribution in [2.24, 2.45) is 0 Å². The first kappa shape index (κ1) is 26.3. The summed E-state index contributed by atoms with van der Waals surface area (Å²) in [6, 6.07) is 21.1. The molecule has 192 valence electrons. The van der Waals surface area contributed by atoms with Gasteiger partial charge in [-0.1, -0.05) is 53.6 Å². The van der Waals surface area contributed by atoms with Crippen molar-refractivity contribution in [1.29, 1.82) is 0 Å². The van der Waals surface area contributed by atoms with Gasteiger partial charge in [-0.15, -0.1) is 5.10 Å². The molecule has 0 saturated heterocycles. The summed E-state index contributed by atoms with van der Waals surface area (Å²) >= 11 is 0.803. The van der Waals surface area contributed by atoms with Gasteiger partial charge in [0.05, 0.1) is 12.9 Å². The van der Waals surface area contributed by atoms with E-state index < -0.39 is 9.84 Å². The molecular weight excluding hydrogens is 514 g/mol. The van der Waals surface area contributed by atoms with Crippen molar-refractivity contribution >= 4 is 27.1 Å². The van der Waals surface area contributed by atoms with Gasteiger partial charge in [0.25, 0.3) is 5.91 Å². The predicted molar refractivity (Wildman–Crippen MR) is 139 cm³/mol. The maximum absolute atomic E-state index is 12.9. The summed E-state index contributed by atoms with van der Waals surface area (Å²) in [6.45, 7) is 0.376. The molecule has 2 N–H and O–H groups in total. The van der Waals surface area contributed by atoms with E-state index in [9.17, 15) is 18.3 Å². The standard InChI is InChI=1S/C26H25N3O6S2/c1-34-22-12-9-18(13-14-30)15-23(22)35-25-28-29-26(36-25)37(32,33)17-20-7-10-21(11-8-20)24(31)27-16-19-5-3-2-4-6-19/h2-12,15,30H,13-14,16-17H2,1H3,(H,27,31). The first-order valence-electron chi connectivity index (χ1n) is 11.3. The minimum Gasteiger partial charge on any atom is -0.493 e. The third-order valence-electron chi connectivity index (χ3n) is 5.35. The zero-order chi connectivity index (χ0) is 26.3. The minimum absolute atomic E-state index is 0.0215. The number of benzene rings is 3. The van der Waals surface area contributed by atoms with Gasteiger partial charge in [-0.25, -0.2) is 8.42 Å². The smallest absolute Gasteiger partial charge is 0.300 e. The molecule has 1 aromatic heterocycles. The lowest BCUT2D eigenvalue weighted by Gasteiger charge is -2.09. The lowest BCUT2D eigenvalue weighted by molar-refractivity contribution is 0.0951. The highest BCUT2D eigenvalue weighted by Gasteiger charge is 2.23. The lowest BCUT2D eigenvalue weighted by atomic mass is 10.1. The SMILES string of the molecule is COc1ccc(CCO)cc1Oc1nnc(S(=O)(=O)Cc2ccc(C(=O)NCc3ccccc3)cc2)s1. The minimum atomic E-state index is -3.80. The Bertz CT molecular complexity index is 1460. The van der Waals surface area contributed by atoms with E-state index in [0.29, 0.717) is 35.6 Å². The van der Waals surface area contributed by atoms with Crippen LogP contribution in [0.1, 0.15) is 27.0 Å². The number of methoxy groups -OCH3 is 1. The van der Waals surface area contributed by atoms with Gasteiger partial charge in [0.2, 0.25) is 14.2 Å². The van der Waals surface area contributed by atoms with Crippen LogP contribution in [0.2, 0.25) is 0 Å². The monoisotopic (exact) mass is 539 g/mol. The van der Waals surface area contributed by atoms with Crippen LogP contribution >= 0.6 is 11.3 Å². The third kappa shape index (κ3) is 6.91. The zero-order valence-corrected chi connectivity index (χ0v) is 21.6. The zero-order valence-electron chi connectivity index (χ0n) is 20.0. The summed E-state index contributed by atoms with van der Waals surface area (Å²) in [7, 11) is -2.31. The maximum Gasteiger partial charge on any atom is 0.300 e. The van der Waals surface area contributed by atoms with E-state index >= 15 is 0 Å². The largest absolute Gasteiger partial charge is 0.493 e. The molecule has 3 aromatic carbocycles. The van der Waals surface area contributed by atoms with E-state index in [1.54, 1.807) is 42.5 Å². The molecule has 0 radical (unpaired) electrons. The molecule has 0 fully saturated rings. The van der Waals surface area contributed by atoms with Gasteiger partial charge < -0.3 is 19.9 Å². The number of aliphatic hydroxyl groups excluding tert-OH is 1. The summed E-state index contributed by atoms with van der Waals surface area (Å²) in [5, 5.41) is 19.7. The molecule has 0 aliphatic rings. The van der Waals surface area contributed by atoms with Crippen LogP contribution in [-0.2, 0) is 28.6 Å². The second-order valence-corrected chi connectivity index (χ2v) is 11.1. The van der Waals surface area contributed by atoms with Crippen LogP contribution in [0.3, 0.4) is 0 Å². The van der Waals surface area contributed by atoms with E-state index in [2.05, 4.69) is 15.5 Å². The number of amides is 1. The number of carbonyl (C=O) groups is 1. The second-order valence-electron chi connectivity index (χ2n) is 8.02. The van der Waals surface area contributed by atoms with Crippen molar-refractivity contribution in [2.45, 2.75) is 23.1 Å². The van der Waals surface area contributed by atoms with Crippen LogP contribution in [0.4, 0.5) is 0 Å². The number of sulfone groups is 1. The molecule has 0 aliphatic carbocycles. The molecule has 0 spiro atoms. The van der Waals surface area contributed by atoms with Gasteiger partial charge in [-0.3, -0.25) is 4.79 Å². The van der Waals surface area contributed by atoms with Crippen LogP contribution in [0, 0.1) is 0 Å². The number of hydrogen-bond acceptors (Lipinski definition) is 9. The topological polar surface area (TPSA) is 128 Å². The Labute approximate surface area is 218 Å². The Morgan fingerprint density at radius 3 is 2.38 bits per heavy atom. The molecule has 0 atom stereocenters. The van der Waals surface area contributed by atoms with E-state index in [1.807, 2.05) is 30.3 Å². The highest BCUT2D eigenvalue weighted by Crippen LogP contribution is 2.35. The molecule has 0 aliphatic heterocycles. The van der Waals surface area contributed by atoms with Crippen LogP contribution in [0.25, 0.3) is 0 Å². The number of aliphatic hydroxyl groups is 1. The van der Waals surface area contributed by atoms with Crippen molar-refractivity contribution in [1.82, 2.24) is 15.5 Å². The van der Waals surface area contributed by atoms with Crippen molar-refractivity contribution in [3.8, 4) is 16.7 Å². The summed E-state index contributed by atoms with van der Waals surface area (Å²) < 4.78 is 36.7. The first-order chi connectivity index (χ1) is 17.9. The van der Waals surface area contributed by atoms with Crippen LogP contribution in [0.15, 0.2) is 77.1 Å². The lowest BCUT2D eigenvalue weighted by Crippen LogP contribution is -2.22. The Hall–Kier alpha value is -3.80. The Morgan fingerprint density at radius 1 is 0.946 bits per heavy atom. The van der Waals surface area contributed by atoms with Gasteiger partial charge in [0, 0.05) is 18.7 Å². The van der Waals surface area contributed by atoms with Gasteiger partial charge in [0.15, 0.2) is 11.5 Å². The molecule has 0 saturated carbocycles. The Morgan fingerprint density at radius 2 is 1.68 bits per heavy atom. The second kappa shape index (κ2) is 12.0. The van der Waals surface area contributed by atoms with Crippen molar-refractivity contribution in [3.05, 3.63) is 95.1 Å². The van der Waals surface area contributed by atoms with E-state index in [1.165, 1.54) is 7.11 Å². The van der Waals surface area contributed by atoms with Crippen LogP contribution in [-0.4, -0.2) is 43.3 Å². The number of ether oxygens (including phenoxy) is 2. The number of nitrogens with zero attached hydrogens (tertiary/aromatic N) is 2. The molecule has 9 nitrogen and oxygen atoms in total. The highest BCUT2D eigenvalue weighted by atomic mass is 32.2. The van der Waals surface area contributed by atoms with Gasteiger partial charge in [-0.05, 0) is 58.7 Å². The number of aromatic nitrogens is 2. The van der Waals surface area contributed by atoms with Crippen molar-refractivity contribution < 1.29 is 27.8 Å². The van der Waals surface area contributed by atoms with Crippen LogP contribution in [0.5, 0.6) is 16.7 Å². The van der Waals surface area contributed by atoms with Crippen molar-refractivity contribution in [2.75, 3.05) is 13.7 Å². The fraction of sp³-hybridized carbons (Fsp3) is 0.192.